The molecule has 0 N–H and O–H groups in total. The van der Waals surface area contributed by atoms with Crippen molar-refractivity contribution in [2.24, 2.45) is 5.92 Å². The average Bonchev–Trinajstić information content (AvgIpc) is 2.47. The first-order valence-electron chi connectivity index (χ1n) is 7.67. The van der Waals surface area contributed by atoms with E-state index < -0.39 is 0 Å². The lowest BCUT2D eigenvalue weighted by atomic mass is 10.1. The number of nitrogens with zero attached hydrogens (tertiary/aromatic N) is 2. The van der Waals surface area contributed by atoms with Gasteiger partial charge in [0.05, 0.1) is 0 Å². The van der Waals surface area contributed by atoms with Crippen LogP contribution >= 0.6 is 11.8 Å². The lowest BCUT2D eigenvalue weighted by Crippen LogP contribution is -2.49. The van der Waals surface area contributed by atoms with Gasteiger partial charge in [0.1, 0.15) is 0 Å². The van der Waals surface area contributed by atoms with Gasteiger partial charge in [-0.2, -0.15) is 0 Å². The molecule has 21 heavy (non-hydrogen) atoms. The molecule has 0 spiro atoms. The third-order valence-electron chi connectivity index (χ3n) is 3.96. The Balaban J connectivity index is 2.02. The highest BCUT2D eigenvalue weighted by molar-refractivity contribution is 7.98. The normalized spacial score (nSPS) is 16.5. The van der Waals surface area contributed by atoms with E-state index in [0.29, 0.717) is 5.92 Å². The van der Waals surface area contributed by atoms with Crippen molar-refractivity contribution in [2.75, 3.05) is 39.0 Å². The molecule has 1 saturated heterocycles. The average molecular weight is 306 g/mol. The molecule has 1 fully saturated rings. The second-order valence-corrected chi connectivity index (χ2v) is 7.05. The van der Waals surface area contributed by atoms with Crippen LogP contribution in [0.5, 0.6) is 0 Å². The molecule has 0 atom stereocenters. The number of piperazine rings is 1. The van der Waals surface area contributed by atoms with Crippen LogP contribution in [0.25, 0.3) is 0 Å². The molecule has 1 aliphatic rings. The minimum atomic E-state index is 0.188. The third-order valence-corrected chi connectivity index (χ3v) is 4.68. The van der Waals surface area contributed by atoms with E-state index in [0.717, 1.165) is 48.7 Å². The summed E-state index contributed by atoms with van der Waals surface area (Å²) in [6.07, 6.45) is 2.05. The molecule has 0 radical (unpaired) electrons. The highest BCUT2D eigenvalue weighted by atomic mass is 32.2. The molecule has 1 aromatic carbocycles. The van der Waals surface area contributed by atoms with Crippen LogP contribution in [0.2, 0.25) is 0 Å². The van der Waals surface area contributed by atoms with Gasteiger partial charge in [-0.05, 0) is 36.8 Å². The minimum absolute atomic E-state index is 0.188. The molecule has 0 aromatic heterocycles. The molecule has 0 saturated carbocycles. The summed E-state index contributed by atoms with van der Waals surface area (Å²) in [6.45, 7) is 11.3. The second-order valence-electron chi connectivity index (χ2n) is 6.17. The third kappa shape index (κ3) is 4.24. The fraction of sp³-hybridized carbons (Fsp3) is 0.588. The molecule has 1 amide bonds. The summed E-state index contributed by atoms with van der Waals surface area (Å²) >= 11 is 1.68. The number of hydrogen-bond acceptors (Lipinski definition) is 3. The summed E-state index contributed by atoms with van der Waals surface area (Å²) in [5, 5.41) is 0. The monoisotopic (exact) mass is 306 g/mol. The van der Waals surface area contributed by atoms with Crippen LogP contribution in [-0.2, 0) is 0 Å². The Hall–Kier alpha value is -1.00. The standard InChI is InChI=1S/C17H26N2OS/c1-13(2)12-18-7-9-19(10-8-18)17(20)16-11-15(21-4)6-5-14(16)3/h5-6,11,13H,7-10,12H2,1-4H3. The molecule has 4 heteroatoms. The zero-order valence-corrected chi connectivity index (χ0v) is 14.4. The van der Waals surface area contributed by atoms with Crippen molar-refractivity contribution in [2.45, 2.75) is 25.7 Å². The first kappa shape index (κ1) is 16.4. The summed E-state index contributed by atoms with van der Waals surface area (Å²) in [7, 11) is 0. The number of thioether (sulfide) groups is 1. The molecule has 0 unspecified atom stereocenters. The van der Waals surface area contributed by atoms with Gasteiger partial charge >= 0.3 is 0 Å². The minimum Gasteiger partial charge on any atom is -0.336 e. The predicted octanol–water partition coefficient (Wildman–Crippen LogP) is 3.13. The number of carbonyl (C=O) groups excluding carboxylic acids is 1. The van der Waals surface area contributed by atoms with Gasteiger partial charge in [0.25, 0.3) is 5.91 Å². The molecule has 0 aliphatic carbocycles. The maximum Gasteiger partial charge on any atom is 0.254 e. The second kappa shape index (κ2) is 7.32. The molecule has 1 aromatic rings. The number of aryl methyl sites for hydroxylation is 1. The van der Waals surface area contributed by atoms with Gasteiger partial charge < -0.3 is 4.90 Å². The molecule has 3 nitrogen and oxygen atoms in total. The van der Waals surface area contributed by atoms with Crippen LogP contribution in [-0.4, -0.2) is 54.7 Å². The van der Waals surface area contributed by atoms with Crippen molar-refractivity contribution >= 4 is 17.7 Å². The van der Waals surface area contributed by atoms with Crippen LogP contribution < -0.4 is 0 Å². The van der Waals surface area contributed by atoms with Gasteiger partial charge in [0, 0.05) is 43.2 Å². The van der Waals surface area contributed by atoms with E-state index in [2.05, 4.69) is 24.8 Å². The fourth-order valence-corrected chi connectivity index (χ4v) is 3.22. The fourth-order valence-electron chi connectivity index (χ4n) is 2.78. The Morgan fingerprint density at radius 3 is 2.48 bits per heavy atom. The SMILES string of the molecule is CSc1ccc(C)c(C(=O)N2CCN(CC(C)C)CC2)c1. The summed E-state index contributed by atoms with van der Waals surface area (Å²) in [5.74, 6) is 0.875. The highest BCUT2D eigenvalue weighted by Crippen LogP contribution is 2.21. The van der Waals surface area contributed by atoms with Gasteiger partial charge in [0.2, 0.25) is 0 Å². The Morgan fingerprint density at radius 1 is 1.24 bits per heavy atom. The number of carbonyl (C=O) groups is 1. The predicted molar refractivity (Wildman–Crippen MR) is 90.1 cm³/mol. The molecular weight excluding hydrogens is 280 g/mol. The van der Waals surface area contributed by atoms with Crippen molar-refractivity contribution in [3.63, 3.8) is 0 Å². The number of amides is 1. The Morgan fingerprint density at radius 2 is 1.90 bits per heavy atom. The van der Waals surface area contributed by atoms with Crippen molar-refractivity contribution in [1.82, 2.24) is 9.80 Å². The molecule has 2 rings (SSSR count). The van der Waals surface area contributed by atoms with E-state index in [1.165, 1.54) is 0 Å². The first-order chi connectivity index (χ1) is 10.0. The largest absolute Gasteiger partial charge is 0.336 e. The number of benzene rings is 1. The van der Waals surface area contributed by atoms with E-state index in [1.54, 1.807) is 11.8 Å². The lowest BCUT2D eigenvalue weighted by molar-refractivity contribution is 0.0623. The molecule has 0 bridgehead atoms. The van der Waals surface area contributed by atoms with E-state index in [-0.39, 0.29) is 5.91 Å². The van der Waals surface area contributed by atoms with Gasteiger partial charge in [0.15, 0.2) is 0 Å². The smallest absolute Gasteiger partial charge is 0.254 e. The quantitative estimate of drug-likeness (QED) is 0.799. The number of rotatable bonds is 4. The van der Waals surface area contributed by atoms with Crippen LogP contribution in [0.1, 0.15) is 29.8 Å². The Labute approximate surface area is 132 Å². The van der Waals surface area contributed by atoms with E-state index >= 15 is 0 Å². The highest BCUT2D eigenvalue weighted by Gasteiger charge is 2.23. The topological polar surface area (TPSA) is 23.6 Å². The molecule has 116 valence electrons. The zero-order chi connectivity index (χ0) is 15.4. The maximum absolute atomic E-state index is 12.7. The summed E-state index contributed by atoms with van der Waals surface area (Å²) < 4.78 is 0. The number of hydrogen-bond donors (Lipinski definition) is 0. The zero-order valence-electron chi connectivity index (χ0n) is 13.6. The van der Waals surface area contributed by atoms with Crippen molar-refractivity contribution in [3.05, 3.63) is 29.3 Å². The van der Waals surface area contributed by atoms with Crippen LogP contribution in [0.15, 0.2) is 23.1 Å². The Bertz CT molecular complexity index is 494. The summed E-state index contributed by atoms with van der Waals surface area (Å²) in [4.78, 5) is 18.3. The van der Waals surface area contributed by atoms with E-state index in [4.69, 9.17) is 0 Å². The lowest BCUT2D eigenvalue weighted by Gasteiger charge is -2.35. The van der Waals surface area contributed by atoms with Crippen LogP contribution in [0, 0.1) is 12.8 Å². The van der Waals surface area contributed by atoms with Crippen molar-refractivity contribution in [1.29, 1.82) is 0 Å². The molecule has 1 heterocycles. The summed E-state index contributed by atoms with van der Waals surface area (Å²) in [5.41, 5.74) is 1.93. The van der Waals surface area contributed by atoms with E-state index in [9.17, 15) is 4.79 Å². The molecular formula is C17H26N2OS. The Kier molecular flexibility index (Phi) is 5.71. The molecule has 1 aliphatic heterocycles. The van der Waals surface area contributed by atoms with E-state index in [1.807, 2.05) is 30.2 Å². The van der Waals surface area contributed by atoms with Gasteiger partial charge in [-0.15, -0.1) is 11.8 Å². The van der Waals surface area contributed by atoms with Crippen LogP contribution in [0.3, 0.4) is 0 Å². The van der Waals surface area contributed by atoms with Gasteiger partial charge in [-0.25, -0.2) is 0 Å². The van der Waals surface area contributed by atoms with Gasteiger partial charge in [-0.1, -0.05) is 19.9 Å². The van der Waals surface area contributed by atoms with Crippen molar-refractivity contribution < 1.29 is 4.79 Å². The first-order valence-corrected chi connectivity index (χ1v) is 8.90. The maximum atomic E-state index is 12.7. The summed E-state index contributed by atoms with van der Waals surface area (Å²) in [6, 6.07) is 6.16. The van der Waals surface area contributed by atoms with Gasteiger partial charge in [-0.3, -0.25) is 9.69 Å². The van der Waals surface area contributed by atoms with Crippen LogP contribution in [0.4, 0.5) is 0 Å². The van der Waals surface area contributed by atoms with Crippen molar-refractivity contribution in [3.8, 4) is 0 Å².